The van der Waals surface area contributed by atoms with Gasteiger partial charge in [-0.15, -0.1) is 0 Å². The maximum Gasteiger partial charge on any atom is 0.196 e. The minimum absolute atomic E-state index is 0.592. The number of rotatable bonds is 3. The molecule has 222 valence electrons. The van der Waals surface area contributed by atoms with E-state index in [0.29, 0.717) is 5.69 Å². The Kier molecular flexibility index (Phi) is 6.40. The molecule has 0 unspecified atom stereocenters. The second kappa shape index (κ2) is 10.4. The molecule has 0 amide bonds. The fourth-order valence-electron chi connectivity index (χ4n) is 7.57. The molecule has 8 rings (SSSR count). The van der Waals surface area contributed by atoms with Crippen molar-refractivity contribution in [2.24, 2.45) is 0 Å². The summed E-state index contributed by atoms with van der Waals surface area (Å²) in [5, 5.41) is 5.67. The van der Waals surface area contributed by atoms with Crippen LogP contribution in [0, 0.1) is 6.57 Å². The molecule has 6 aromatic rings. The third-order valence-corrected chi connectivity index (χ3v) is 17.0. The lowest BCUT2D eigenvalue weighted by molar-refractivity contribution is 1.24. The molecule has 0 spiro atoms. The van der Waals surface area contributed by atoms with Crippen molar-refractivity contribution in [2.45, 2.75) is 26.2 Å². The van der Waals surface area contributed by atoms with Gasteiger partial charge < -0.3 is 9.80 Å². The lowest BCUT2D eigenvalue weighted by atomic mass is 10.0. The van der Waals surface area contributed by atoms with Gasteiger partial charge in [0.05, 0.1) is 12.3 Å². The predicted molar refractivity (Wildman–Crippen MR) is 199 cm³/mol. The molecule has 0 aliphatic carbocycles. The summed E-state index contributed by atoms with van der Waals surface area (Å²) in [7, 11) is -3.80. The van der Waals surface area contributed by atoms with E-state index in [2.05, 4.69) is 162 Å². The summed E-state index contributed by atoms with van der Waals surface area (Å²) >= 11 is 0. The van der Waals surface area contributed by atoms with Crippen LogP contribution in [0.2, 0.25) is 26.2 Å². The van der Waals surface area contributed by atoms with Crippen LogP contribution in [0.1, 0.15) is 0 Å². The van der Waals surface area contributed by atoms with Gasteiger partial charge in [0.1, 0.15) is 16.1 Å². The number of benzene rings is 5. The molecular formula is C40H34N4Si2. The monoisotopic (exact) mass is 626 g/mol. The Morgan fingerprint density at radius 3 is 1.37 bits per heavy atom. The van der Waals surface area contributed by atoms with E-state index in [1.807, 2.05) is 12.3 Å². The van der Waals surface area contributed by atoms with Gasteiger partial charge in [-0.3, -0.25) is 4.98 Å². The predicted octanol–water partition coefficient (Wildman–Crippen LogP) is 8.51. The van der Waals surface area contributed by atoms with Crippen LogP contribution < -0.4 is 30.5 Å². The Labute approximate surface area is 273 Å². The summed E-state index contributed by atoms with van der Waals surface area (Å²) < 4.78 is 0. The molecule has 0 atom stereocenters. The molecule has 0 fully saturated rings. The number of anilines is 6. The Morgan fingerprint density at radius 1 is 0.522 bits per heavy atom. The van der Waals surface area contributed by atoms with Crippen molar-refractivity contribution in [3.05, 3.63) is 145 Å². The van der Waals surface area contributed by atoms with E-state index in [-0.39, 0.29) is 0 Å². The van der Waals surface area contributed by atoms with Crippen LogP contribution in [-0.4, -0.2) is 21.1 Å². The van der Waals surface area contributed by atoms with Crippen LogP contribution in [0.25, 0.3) is 16.1 Å². The average Bonchev–Trinajstić information content (AvgIpc) is 3.09. The van der Waals surface area contributed by atoms with Crippen molar-refractivity contribution in [1.29, 1.82) is 0 Å². The van der Waals surface area contributed by atoms with Gasteiger partial charge in [0.2, 0.25) is 0 Å². The maximum atomic E-state index is 8.11. The Bertz CT molecular complexity index is 2120. The van der Waals surface area contributed by atoms with E-state index in [1.54, 1.807) is 0 Å². The third kappa shape index (κ3) is 4.13. The number of pyridine rings is 1. The fraction of sp³-hybridized carbons (Fsp3) is 0.100. The zero-order valence-electron chi connectivity index (χ0n) is 26.5. The van der Waals surface area contributed by atoms with Crippen LogP contribution in [-0.2, 0) is 0 Å². The lowest BCUT2D eigenvalue weighted by Crippen LogP contribution is -2.58. The minimum Gasteiger partial charge on any atom is -0.311 e. The molecule has 0 saturated carbocycles. The van der Waals surface area contributed by atoms with Crippen molar-refractivity contribution in [3.63, 3.8) is 0 Å². The molecule has 0 radical (unpaired) electrons. The fourth-order valence-corrected chi connectivity index (χ4v) is 13.5. The molecule has 46 heavy (non-hydrogen) atoms. The van der Waals surface area contributed by atoms with Gasteiger partial charge in [-0.05, 0) is 69.3 Å². The second-order valence-corrected chi connectivity index (χ2v) is 21.9. The summed E-state index contributed by atoms with van der Waals surface area (Å²) in [5.41, 5.74) is 9.16. The topological polar surface area (TPSA) is 23.7 Å². The van der Waals surface area contributed by atoms with Crippen LogP contribution in [0.5, 0.6) is 0 Å². The molecule has 1 aromatic heterocycles. The van der Waals surface area contributed by atoms with Gasteiger partial charge in [0.15, 0.2) is 5.69 Å². The molecule has 0 bridgehead atoms. The molecule has 2 aliphatic rings. The first-order valence-corrected chi connectivity index (χ1v) is 21.8. The van der Waals surface area contributed by atoms with E-state index in [0.717, 1.165) is 22.6 Å². The summed E-state index contributed by atoms with van der Waals surface area (Å²) in [6, 6.07) is 45.7. The first-order valence-electron chi connectivity index (χ1n) is 15.8. The number of aromatic nitrogens is 1. The Balaban J connectivity index is 1.30. The molecule has 5 aromatic carbocycles. The van der Waals surface area contributed by atoms with Crippen molar-refractivity contribution < 1.29 is 0 Å². The molecule has 3 heterocycles. The number of fused-ring (bicyclic) bond motifs is 4. The van der Waals surface area contributed by atoms with Gasteiger partial charge in [0.25, 0.3) is 0 Å². The van der Waals surface area contributed by atoms with E-state index in [4.69, 9.17) is 11.6 Å². The summed E-state index contributed by atoms with van der Waals surface area (Å²) in [5.74, 6) is 0. The minimum atomic E-state index is -1.90. The zero-order valence-corrected chi connectivity index (χ0v) is 28.5. The van der Waals surface area contributed by atoms with Gasteiger partial charge in [0, 0.05) is 45.9 Å². The quantitative estimate of drug-likeness (QED) is 0.145. The molecule has 0 saturated heterocycles. The van der Waals surface area contributed by atoms with Crippen LogP contribution in [0.15, 0.2) is 134 Å². The summed E-state index contributed by atoms with van der Waals surface area (Å²) in [4.78, 5) is 13.6. The van der Waals surface area contributed by atoms with Crippen LogP contribution >= 0.6 is 0 Å². The van der Waals surface area contributed by atoms with E-state index < -0.39 is 16.1 Å². The smallest absolute Gasteiger partial charge is 0.196 e. The highest BCUT2D eigenvalue weighted by molar-refractivity contribution is 7.03. The van der Waals surface area contributed by atoms with Crippen LogP contribution in [0.3, 0.4) is 0 Å². The zero-order chi connectivity index (χ0) is 31.6. The average molecular weight is 627 g/mol. The number of nitrogens with zero attached hydrogens (tertiary/aromatic N) is 4. The van der Waals surface area contributed by atoms with Crippen LogP contribution in [0.4, 0.5) is 39.8 Å². The van der Waals surface area contributed by atoms with Gasteiger partial charge in [-0.1, -0.05) is 105 Å². The normalized spacial score (nSPS) is 15.2. The first-order chi connectivity index (χ1) is 22.3. The number of hydrogen-bond donors (Lipinski definition) is 0. The Hall–Kier alpha value is -5.23. The lowest BCUT2D eigenvalue weighted by Gasteiger charge is -2.41. The maximum absolute atomic E-state index is 8.11. The highest BCUT2D eigenvalue weighted by Crippen LogP contribution is 2.43. The number of hydrogen-bond acceptors (Lipinski definition) is 3. The second-order valence-electron chi connectivity index (χ2n) is 13.2. The van der Waals surface area contributed by atoms with Crippen molar-refractivity contribution in [2.75, 3.05) is 9.80 Å². The Morgan fingerprint density at radius 2 is 0.935 bits per heavy atom. The highest BCUT2D eigenvalue weighted by atomic mass is 28.3. The largest absolute Gasteiger partial charge is 0.311 e. The highest BCUT2D eigenvalue weighted by Gasteiger charge is 2.39. The molecular weight excluding hydrogens is 593 g/mol. The van der Waals surface area contributed by atoms with Gasteiger partial charge in [-0.2, -0.15) is 0 Å². The molecule has 2 aliphatic heterocycles. The van der Waals surface area contributed by atoms with E-state index in [9.17, 15) is 0 Å². The molecule has 6 heteroatoms. The third-order valence-electron chi connectivity index (χ3n) is 9.91. The molecule has 0 N–H and O–H groups in total. The standard InChI is InChI=1S/C40H34N4Si2/c1-41-31-23-22-28(43-33-14-6-10-18-37(33)45(2,3)38-19-11-7-15-34(38)43)26-30(31)32-27-29(24-25-42-32)44-35-16-8-12-20-39(35)46(4,5)40-21-13-9-17-36(40)44/h6-27H,2-5H3. The number of para-hydroxylation sites is 4. The van der Waals surface area contributed by atoms with Crippen molar-refractivity contribution >= 4 is 76.7 Å². The summed E-state index contributed by atoms with van der Waals surface area (Å²) in [6.45, 7) is 17.9. The van der Waals surface area contributed by atoms with Gasteiger partial charge in [-0.25, -0.2) is 4.85 Å². The SMILES string of the molecule is [C-]#[N+]c1ccc(N2c3ccccc3[Si](C)(C)c3ccccc32)cc1-c1cc(N2c3ccccc3[Si](C)(C)c3ccccc32)ccn1. The van der Waals surface area contributed by atoms with Gasteiger partial charge >= 0.3 is 0 Å². The first kappa shape index (κ1) is 28.3. The van der Waals surface area contributed by atoms with Crippen molar-refractivity contribution in [3.8, 4) is 11.3 Å². The van der Waals surface area contributed by atoms with E-state index in [1.165, 1.54) is 43.5 Å². The summed E-state index contributed by atoms with van der Waals surface area (Å²) in [6.07, 6.45) is 1.88. The van der Waals surface area contributed by atoms with E-state index >= 15 is 0 Å². The molecule has 4 nitrogen and oxygen atoms in total. The van der Waals surface area contributed by atoms with Crippen molar-refractivity contribution in [1.82, 2.24) is 4.98 Å².